The molecular formula is C15H16ClN3. The van der Waals surface area contributed by atoms with Gasteiger partial charge >= 0.3 is 0 Å². The lowest BCUT2D eigenvalue weighted by Gasteiger charge is -2.21. The van der Waals surface area contributed by atoms with Crippen molar-refractivity contribution in [1.82, 2.24) is 15.3 Å². The molecule has 0 aliphatic carbocycles. The summed E-state index contributed by atoms with van der Waals surface area (Å²) in [5, 5.41) is 4.20. The molecule has 1 fully saturated rings. The van der Waals surface area contributed by atoms with Crippen molar-refractivity contribution in [2.45, 2.75) is 25.3 Å². The van der Waals surface area contributed by atoms with Crippen molar-refractivity contribution < 1.29 is 0 Å². The minimum atomic E-state index is 0.313. The first-order valence-electron chi connectivity index (χ1n) is 6.64. The van der Waals surface area contributed by atoms with Crippen LogP contribution in [-0.2, 0) is 0 Å². The van der Waals surface area contributed by atoms with Gasteiger partial charge in [0, 0.05) is 23.0 Å². The lowest BCUT2D eigenvalue weighted by Crippen LogP contribution is -2.28. The van der Waals surface area contributed by atoms with Crippen molar-refractivity contribution in [2.24, 2.45) is 0 Å². The molecule has 1 aliphatic rings. The van der Waals surface area contributed by atoms with Crippen molar-refractivity contribution in [3.8, 4) is 11.1 Å². The lowest BCUT2D eigenvalue weighted by molar-refractivity contribution is 0.397. The molecule has 0 spiro atoms. The lowest BCUT2D eigenvalue weighted by atomic mass is 10.0. The van der Waals surface area contributed by atoms with Crippen LogP contribution >= 0.6 is 11.6 Å². The summed E-state index contributed by atoms with van der Waals surface area (Å²) in [5.74, 6) is 0.900. The Morgan fingerprint density at radius 3 is 2.37 bits per heavy atom. The molecule has 2 heterocycles. The van der Waals surface area contributed by atoms with Crippen molar-refractivity contribution >= 4 is 11.6 Å². The molecule has 4 heteroatoms. The Morgan fingerprint density at radius 1 is 1.00 bits per heavy atom. The largest absolute Gasteiger partial charge is 0.307 e. The molecule has 3 rings (SSSR count). The van der Waals surface area contributed by atoms with Gasteiger partial charge in [0.15, 0.2) is 0 Å². The van der Waals surface area contributed by atoms with Gasteiger partial charge in [0.1, 0.15) is 5.82 Å². The van der Waals surface area contributed by atoms with E-state index in [0.717, 1.165) is 34.9 Å². The van der Waals surface area contributed by atoms with Crippen LogP contribution in [0.2, 0.25) is 5.02 Å². The minimum Gasteiger partial charge on any atom is -0.307 e. The normalized spacial score (nSPS) is 19.3. The SMILES string of the molecule is Clc1ccc(-c2cnc(C3CCCCN3)nc2)cc1. The second-order valence-electron chi connectivity index (χ2n) is 4.84. The number of aromatic nitrogens is 2. The van der Waals surface area contributed by atoms with Crippen LogP contribution in [0.25, 0.3) is 11.1 Å². The molecule has 0 radical (unpaired) electrons. The quantitative estimate of drug-likeness (QED) is 0.908. The molecule has 1 atom stereocenters. The number of piperidine rings is 1. The van der Waals surface area contributed by atoms with Crippen molar-refractivity contribution in [3.05, 3.63) is 47.5 Å². The topological polar surface area (TPSA) is 37.8 Å². The molecule has 98 valence electrons. The third-order valence-corrected chi connectivity index (χ3v) is 3.72. The zero-order valence-corrected chi connectivity index (χ0v) is 11.4. The molecule has 2 aromatic rings. The van der Waals surface area contributed by atoms with Crippen LogP contribution in [-0.4, -0.2) is 16.5 Å². The van der Waals surface area contributed by atoms with E-state index in [1.807, 2.05) is 36.7 Å². The molecule has 1 aliphatic heterocycles. The molecule has 3 nitrogen and oxygen atoms in total. The number of hydrogen-bond acceptors (Lipinski definition) is 3. The Bertz CT molecular complexity index is 530. The van der Waals surface area contributed by atoms with Gasteiger partial charge in [-0.15, -0.1) is 0 Å². The van der Waals surface area contributed by atoms with E-state index in [0.29, 0.717) is 6.04 Å². The minimum absolute atomic E-state index is 0.313. The van der Waals surface area contributed by atoms with Gasteiger partial charge in [-0.1, -0.05) is 30.2 Å². The van der Waals surface area contributed by atoms with E-state index >= 15 is 0 Å². The number of rotatable bonds is 2. The number of hydrogen-bond donors (Lipinski definition) is 1. The number of benzene rings is 1. The highest BCUT2D eigenvalue weighted by Gasteiger charge is 2.16. The third kappa shape index (κ3) is 2.94. The third-order valence-electron chi connectivity index (χ3n) is 3.47. The van der Waals surface area contributed by atoms with Crippen LogP contribution in [0.5, 0.6) is 0 Å². The predicted molar refractivity (Wildman–Crippen MR) is 77.1 cm³/mol. The fourth-order valence-corrected chi connectivity index (χ4v) is 2.51. The van der Waals surface area contributed by atoms with Gasteiger partial charge in [-0.2, -0.15) is 0 Å². The van der Waals surface area contributed by atoms with E-state index in [9.17, 15) is 0 Å². The summed E-state index contributed by atoms with van der Waals surface area (Å²) in [6.07, 6.45) is 7.41. The maximum Gasteiger partial charge on any atom is 0.145 e. The molecule has 1 N–H and O–H groups in total. The second-order valence-corrected chi connectivity index (χ2v) is 5.28. The van der Waals surface area contributed by atoms with E-state index < -0.39 is 0 Å². The van der Waals surface area contributed by atoms with Gasteiger partial charge in [0.2, 0.25) is 0 Å². The summed E-state index contributed by atoms with van der Waals surface area (Å²) < 4.78 is 0. The maximum absolute atomic E-state index is 5.89. The standard InChI is InChI=1S/C15H16ClN3/c16-13-6-4-11(5-7-13)12-9-18-15(19-10-12)14-3-1-2-8-17-14/h4-7,9-10,14,17H,1-3,8H2. The second kappa shape index (κ2) is 5.68. The van der Waals surface area contributed by atoms with Gasteiger partial charge in [-0.25, -0.2) is 9.97 Å². The van der Waals surface area contributed by atoms with Crippen LogP contribution in [0, 0.1) is 0 Å². The first-order valence-corrected chi connectivity index (χ1v) is 7.02. The summed E-state index contributed by atoms with van der Waals surface area (Å²) >= 11 is 5.89. The Morgan fingerprint density at radius 2 is 1.74 bits per heavy atom. The molecule has 1 aromatic heterocycles. The summed E-state index contributed by atoms with van der Waals surface area (Å²) in [5.41, 5.74) is 2.11. The predicted octanol–water partition coefficient (Wildman–Crippen LogP) is 3.61. The zero-order valence-electron chi connectivity index (χ0n) is 10.6. The summed E-state index contributed by atoms with van der Waals surface area (Å²) in [6, 6.07) is 8.05. The highest BCUT2D eigenvalue weighted by molar-refractivity contribution is 6.30. The van der Waals surface area contributed by atoms with Crippen LogP contribution < -0.4 is 5.32 Å². The van der Waals surface area contributed by atoms with E-state index in [2.05, 4.69) is 15.3 Å². The van der Waals surface area contributed by atoms with Gasteiger partial charge in [0.05, 0.1) is 6.04 Å². The Balaban J connectivity index is 1.80. The smallest absolute Gasteiger partial charge is 0.145 e. The summed E-state index contributed by atoms with van der Waals surface area (Å²) in [4.78, 5) is 8.99. The first kappa shape index (κ1) is 12.6. The number of nitrogens with one attached hydrogen (secondary N) is 1. The first-order chi connectivity index (χ1) is 9.33. The van der Waals surface area contributed by atoms with E-state index in [4.69, 9.17) is 11.6 Å². The molecule has 1 aromatic carbocycles. The van der Waals surface area contributed by atoms with Gasteiger partial charge < -0.3 is 5.32 Å². The fourth-order valence-electron chi connectivity index (χ4n) is 2.38. The van der Waals surface area contributed by atoms with Crippen LogP contribution in [0.1, 0.15) is 31.1 Å². The molecule has 1 saturated heterocycles. The molecule has 1 unspecified atom stereocenters. The van der Waals surface area contributed by atoms with E-state index in [1.54, 1.807) is 0 Å². The summed E-state index contributed by atoms with van der Waals surface area (Å²) in [7, 11) is 0. The Hall–Kier alpha value is -1.45. The molecule has 0 amide bonds. The monoisotopic (exact) mass is 273 g/mol. The highest BCUT2D eigenvalue weighted by Crippen LogP contribution is 2.23. The number of nitrogens with zero attached hydrogens (tertiary/aromatic N) is 2. The molecular weight excluding hydrogens is 258 g/mol. The summed E-state index contributed by atoms with van der Waals surface area (Å²) in [6.45, 7) is 1.06. The average Bonchev–Trinajstić information content (AvgIpc) is 2.49. The van der Waals surface area contributed by atoms with E-state index in [1.165, 1.54) is 12.8 Å². The molecule has 0 bridgehead atoms. The number of halogens is 1. The van der Waals surface area contributed by atoms with Crippen LogP contribution in [0.15, 0.2) is 36.7 Å². The zero-order chi connectivity index (χ0) is 13.1. The maximum atomic E-state index is 5.89. The van der Waals surface area contributed by atoms with Gasteiger partial charge in [-0.05, 0) is 37.1 Å². The molecule has 19 heavy (non-hydrogen) atoms. The van der Waals surface area contributed by atoms with E-state index in [-0.39, 0.29) is 0 Å². The van der Waals surface area contributed by atoms with Gasteiger partial charge in [-0.3, -0.25) is 0 Å². The average molecular weight is 274 g/mol. The Labute approximate surface area is 118 Å². The van der Waals surface area contributed by atoms with Crippen molar-refractivity contribution in [2.75, 3.05) is 6.54 Å². The fraction of sp³-hybridized carbons (Fsp3) is 0.333. The molecule has 0 saturated carbocycles. The van der Waals surface area contributed by atoms with Crippen LogP contribution in [0.4, 0.5) is 0 Å². The highest BCUT2D eigenvalue weighted by atomic mass is 35.5. The Kier molecular flexibility index (Phi) is 3.76. The van der Waals surface area contributed by atoms with Gasteiger partial charge in [0.25, 0.3) is 0 Å². The van der Waals surface area contributed by atoms with Crippen LogP contribution in [0.3, 0.4) is 0 Å². The van der Waals surface area contributed by atoms with Crippen molar-refractivity contribution in [3.63, 3.8) is 0 Å². The van der Waals surface area contributed by atoms with Crippen molar-refractivity contribution in [1.29, 1.82) is 0 Å².